The third-order valence-electron chi connectivity index (χ3n) is 1.88. The zero-order valence-corrected chi connectivity index (χ0v) is 9.03. The van der Waals surface area contributed by atoms with Crippen LogP contribution >= 0.6 is 11.3 Å². The second-order valence-corrected chi connectivity index (χ2v) is 4.11. The Kier molecular flexibility index (Phi) is 4.12. The highest BCUT2D eigenvalue weighted by atomic mass is 32.1. The van der Waals surface area contributed by atoms with Crippen LogP contribution < -0.4 is 5.32 Å². The van der Waals surface area contributed by atoms with E-state index in [0.717, 1.165) is 23.7 Å². The van der Waals surface area contributed by atoms with Crippen LogP contribution in [0.3, 0.4) is 0 Å². The first-order valence-electron chi connectivity index (χ1n) is 4.50. The number of hydrogen-bond donors (Lipinski definition) is 1. The molecule has 1 aromatic rings. The van der Waals surface area contributed by atoms with E-state index in [1.165, 1.54) is 0 Å². The predicted molar refractivity (Wildman–Crippen MR) is 58.1 cm³/mol. The second-order valence-electron chi connectivity index (χ2n) is 3.04. The molecule has 0 aromatic carbocycles. The van der Waals surface area contributed by atoms with Gasteiger partial charge in [0, 0.05) is 11.4 Å². The van der Waals surface area contributed by atoms with E-state index in [1.54, 1.807) is 11.3 Å². The summed E-state index contributed by atoms with van der Waals surface area (Å²) in [6.07, 6.45) is 2.93. The molecule has 13 heavy (non-hydrogen) atoms. The minimum atomic E-state index is 0.352. The van der Waals surface area contributed by atoms with Gasteiger partial charge in [0.1, 0.15) is 0 Å². The number of aryl methyl sites for hydroxylation is 1. The fourth-order valence-electron chi connectivity index (χ4n) is 1.09. The lowest BCUT2D eigenvalue weighted by molar-refractivity contribution is 0.570. The average molecular weight is 196 g/mol. The lowest BCUT2D eigenvalue weighted by Gasteiger charge is -2.09. The van der Waals surface area contributed by atoms with Crippen molar-refractivity contribution in [1.29, 1.82) is 0 Å². The number of aromatic nitrogens is 1. The molecule has 0 spiro atoms. The fraction of sp³-hybridized carbons (Fsp3) is 0.500. The minimum Gasteiger partial charge on any atom is -0.309 e. The molecule has 0 aliphatic carbocycles. The van der Waals surface area contributed by atoms with Crippen LogP contribution in [0, 0.1) is 6.92 Å². The Balaban J connectivity index is 2.39. The van der Waals surface area contributed by atoms with Gasteiger partial charge in [0.2, 0.25) is 0 Å². The van der Waals surface area contributed by atoms with Crippen molar-refractivity contribution < 1.29 is 0 Å². The van der Waals surface area contributed by atoms with Gasteiger partial charge in [-0.05, 0) is 26.8 Å². The molecule has 0 amide bonds. The molecule has 72 valence electrons. The van der Waals surface area contributed by atoms with E-state index in [2.05, 4.69) is 29.2 Å². The number of thiazole rings is 1. The van der Waals surface area contributed by atoms with Crippen LogP contribution in [0.1, 0.15) is 30.1 Å². The third kappa shape index (κ3) is 3.28. The molecule has 2 nitrogen and oxygen atoms in total. The van der Waals surface area contributed by atoms with Gasteiger partial charge in [0.15, 0.2) is 0 Å². The Hall–Kier alpha value is -0.670. The average Bonchev–Trinajstić information content (AvgIpc) is 2.52. The zero-order chi connectivity index (χ0) is 9.68. The van der Waals surface area contributed by atoms with Crippen molar-refractivity contribution in [2.75, 3.05) is 6.54 Å². The predicted octanol–water partition coefficient (Wildman–Crippen LogP) is 2.68. The van der Waals surface area contributed by atoms with Crippen molar-refractivity contribution in [3.8, 4) is 0 Å². The Morgan fingerprint density at radius 3 is 3.08 bits per heavy atom. The van der Waals surface area contributed by atoms with Crippen LogP contribution in [-0.4, -0.2) is 11.5 Å². The Morgan fingerprint density at radius 2 is 2.54 bits per heavy atom. The summed E-state index contributed by atoms with van der Waals surface area (Å²) in [6.45, 7) is 8.82. The second kappa shape index (κ2) is 5.14. The molecule has 0 bridgehead atoms. The van der Waals surface area contributed by atoms with E-state index in [0.29, 0.717) is 6.04 Å². The Labute approximate surface area is 83.7 Å². The molecule has 0 saturated carbocycles. The van der Waals surface area contributed by atoms with Gasteiger partial charge in [-0.2, -0.15) is 0 Å². The summed E-state index contributed by atoms with van der Waals surface area (Å²) in [5, 5.41) is 6.63. The first kappa shape index (κ1) is 10.4. The van der Waals surface area contributed by atoms with Crippen molar-refractivity contribution in [3.63, 3.8) is 0 Å². The Bertz CT molecular complexity index is 268. The van der Waals surface area contributed by atoms with Crippen LogP contribution in [0.5, 0.6) is 0 Å². The number of nitrogens with zero attached hydrogens (tertiary/aromatic N) is 1. The quantitative estimate of drug-likeness (QED) is 0.578. The zero-order valence-electron chi connectivity index (χ0n) is 8.21. The summed E-state index contributed by atoms with van der Waals surface area (Å²) in [5.74, 6) is 0. The van der Waals surface area contributed by atoms with Crippen LogP contribution in [0.25, 0.3) is 0 Å². The molecular weight excluding hydrogens is 180 g/mol. The van der Waals surface area contributed by atoms with Gasteiger partial charge in [-0.15, -0.1) is 17.9 Å². The molecule has 1 atom stereocenters. The first-order valence-corrected chi connectivity index (χ1v) is 5.38. The molecular formula is C10H16N2S. The van der Waals surface area contributed by atoms with Gasteiger partial charge in [-0.25, -0.2) is 4.98 Å². The van der Waals surface area contributed by atoms with Crippen molar-refractivity contribution >= 4 is 11.3 Å². The van der Waals surface area contributed by atoms with Crippen LogP contribution in [-0.2, 0) is 0 Å². The maximum atomic E-state index is 4.42. The topological polar surface area (TPSA) is 24.9 Å². The standard InChI is InChI=1S/C10H16N2S/c1-4-5-6-11-8(2)10-7-13-9(3)12-10/h4,7-8,11H,1,5-6H2,2-3H3. The summed E-state index contributed by atoms with van der Waals surface area (Å²) in [4.78, 5) is 4.42. The summed E-state index contributed by atoms with van der Waals surface area (Å²) >= 11 is 1.70. The largest absolute Gasteiger partial charge is 0.309 e. The fourth-order valence-corrected chi connectivity index (χ4v) is 1.79. The van der Waals surface area contributed by atoms with E-state index in [4.69, 9.17) is 0 Å². The highest BCUT2D eigenvalue weighted by Crippen LogP contribution is 2.15. The smallest absolute Gasteiger partial charge is 0.0898 e. The van der Waals surface area contributed by atoms with Gasteiger partial charge in [0.05, 0.1) is 10.7 Å². The van der Waals surface area contributed by atoms with Gasteiger partial charge in [-0.3, -0.25) is 0 Å². The number of nitrogens with one attached hydrogen (secondary N) is 1. The molecule has 0 aliphatic rings. The molecule has 1 N–H and O–H groups in total. The number of hydrogen-bond acceptors (Lipinski definition) is 3. The van der Waals surface area contributed by atoms with Crippen molar-refractivity contribution in [3.05, 3.63) is 28.7 Å². The van der Waals surface area contributed by atoms with E-state index >= 15 is 0 Å². The lowest BCUT2D eigenvalue weighted by atomic mass is 10.2. The number of rotatable bonds is 5. The highest BCUT2D eigenvalue weighted by molar-refractivity contribution is 7.09. The molecule has 1 aromatic heterocycles. The van der Waals surface area contributed by atoms with Crippen LogP contribution in [0.2, 0.25) is 0 Å². The SMILES string of the molecule is C=CCCNC(C)c1csc(C)n1. The molecule has 1 unspecified atom stereocenters. The summed E-state index contributed by atoms with van der Waals surface area (Å²) in [7, 11) is 0. The molecule has 0 aliphatic heterocycles. The molecule has 0 saturated heterocycles. The van der Waals surface area contributed by atoms with Gasteiger partial charge < -0.3 is 5.32 Å². The minimum absolute atomic E-state index is 0.352. The molecule has 1 heterocycles. The molecule has 0 fully saturated rings. The maximum Gasteiger partial charge on any atom is 0.0898 e. The van der Waals surface area contributed by atoms with E-state index in [1.807, 2.05) is 13.0 Å². The molecule has 0 radical (unpaired) electrons. The maximum absolute atomic E-state index is 4.42. The molecule has 3 heteroatoms. The van der Waals surface area contributed by atoms with Gasteiger partial charge in [0.25, 0.3) is 0 Å². The summed E-state index contributed by atoms with van der Waals surface area (Å²) in [6, 6.07) is 0.352. The van der Waals surface area contributed by atoms with Gasteiger partial charge in [-0.1, -0.05) is 6.08 Å². The van der Waals surface area contributed by atoms with Crippen molar-refractivity contribution in [1.82, 2.24) is 10.3 Å². The Morgan fingerprint density at radius 1 is 1.77 bits per heavy atom. The monoisotopic (exact) mass is 196 g/mol. The lowest BCUT2D eigenvalue weighted by Crippen LogP contribution is -2.19. The molecule has 1 rings (SSSR count). The van der Waals surface area contributed by atoms with E-state index in [9.17, 15) is 0 Å². The van der Waals surface area contributed by atoms with E-state index in [-0.39, 0.29) is 0 Å². The highest BCUT2D eigenvalue weighted by Gasteiger charge is 2.06. The van der Waals surface area contributed by atoms with Crippen molar-refractivity contribution in [2.24, 2.45) is 0 Å². The summed E-state index contributed by atoms with van der Waals surface area (Å²) < 4.78 is 0. The van der Waals surface area contributed by atoms with Crippen molar-refractivity contribution in [2.45, 2.75) is 26.3 Å². The third-order valence-corrected chi connectivity index (χ3v) is 2.67. The van der Waals surface area contributed by atoms with Gasteiger partial charge >= 0.3 is 0 Å². The van der Waals surface area contributed by atoms with Crippen LogP contribution in [0.4, 0.5) is 0 Å². The normalized spacial score (nSPS) is 12.8. The summed E-state index contributed by atoms with van der Waals surface area (Å²) in [5.41, 5.74) is 1.14. The van der Waals surface area contributed by atoms with E-state index < -0.39 is 0 Å². The first-order chi connectivity index (χ1) is 6.24. The van der Waals surface area contributed by atoms with Crippen LogP contribution in [0.15, 0.2) is 18.0 Å².